The van der Waals surface area contributed by atoms with Crippen LogP contribution in [0.1, 0.15) is 36.0 Å². The average Bonchev–Trinajstić information content (AvgIpc) is 3.36. The second-order valence-corrected chi connectivity index (χ2v) is 6.86. The van der Waals surface area contributed by atoms with Crippen molar-refractivity contribution < 1.29 is 4.79 Å². The molecule has 0 radical (unpaired) electrons. The third kappa shape index (κ3) is 3.78. The summed E-state index contributed by atoms with van der Waals surface area (Å²) in [6.45, 7) is 5.77. The molecule has 1 aliphatic carbocycles. The molecule has 1 fully saturated rings. The van der Waals surface area contributed by atoms with Crippen molar-refractivity contribution in [1.29, 1.82) is 0 Å². The van der Waals surface area contributed by atoms with Gasteiger partial charge in [-0.05, 0) is 50.8 Å². The Morgan fingerprint density at radius 2 is 1.67 bits per heavy atom. The summed E-state index contributed by atoms with van der Waals surface area (Å²) in [7, 11) is 0. The molecule has 2 aromatic rings. The van der Waals surface area contributed by atoms with Crippen LogP contribution in [-0.4, -0.2) is 19.0 Å². The summed E-state index contributed by atoms with van der Waals surface area (Å²) in [5.41, 5.74) is 4.49. The lowest BCUT2D eigenvalue weighted by molar-refractivity contribution is -0.123. The molecule has 24 heavy (non-hydrogen) atoms. The summed E-state index contributed by atoms with van der Waals surface area (Å²) in [6.07, 6.45) is 2.84. The van der Waals surface area contributed by atoms with Crippen LogP contribution >= 0.6 is 0 Å². The number of hydrogen-bond acceptors (Lipinski definition) is 2. The van der Waals surface area contributed by atoms with E-state index in [2.05, 4.69) is 54.8 Å². The zero-order chi connectivity index (χ0) is 17.0. The van der Waals surface area contributed by atoms with E-state index < -0.39 is 0 Å². The summed E-state index contributed by atoms with van der Waals surface area (Å²) < 4.78 is 0. The van der Waals surface area contributed by atoms with Crippen molar-refractivity contribution in [2.75, 3.05) is 18.4 Å². The van der Waals surface area contributed by atoms with Crippen LogP contribution in [0.5, 0.6) is 0 Å². The maximum Gasteiger partial charge on any atom is 0.230 e. The number of amides is 1. The molecule has 3 heteroatoms. The molecule has 0 aromatic heterocycles. The number of carbonyl (C=O) groups is 1. The number of benzene rings is 2. The molecule has 0 saturated heterocycles. The first-order valence-electron chi connectivity index (χ1n) is 8.76. The van der Waals surface area contributed by atoms with E-state index in [0.29, 0.717) is 6.54 Å². The first kappa shape index (κ1) is 16.6. The van der Waals surface area contributed by atoms with Crippen molar-refractivity contribution in [1.82, 2.24) is 5.32 Å². The number of anilines is 1. The summed E-state index contributed by atoms with van der Waals surface area (Å²) in [6, 6.07) is 16.6. The molecule has 0 bridgehead atoms. The fourth-order valence-electron chi connectivity index (χ4n) is 3.27. The van der Waals surface area contributed by atoms with Gasteiger partial charge in [0.2, 0.25) is 5.91 Å². The lowest BCUT2D eigenvalue weighted by Crippen LogP contribution is -2.35. The minimum Gasteiger partial charge on any atom is -0.385 e. The van der Waals surface area contributed by atoms with Crippen molar-refractivity contribution in [3.63, 3.8) is 0 Å². The molecule has 0 heterocycles. The SMILES string of the molecule is Cc1cc(C)cc(C2(C(=O)NCCCNc3ccccc3)CC2)c1. The van der Waals surface area contributed by atoms with Gasteiger partial charge in [0.25, 0.3) is 0 Å². The molecule has 3 nitrogen and oxygen atoms in total. The van der Waals surface area contributed by atoms with Gasteiger partial charge in [-0.15, -0.1) is 0 Å². The number of nitrogens with one attached hydrogen (secondary N) is 2. The number of aryl methyl sites for hydroxylation is 2. The number of rotatable bonds is 7. The molecule has 2 N–H and O–H groups in total. The maximum absolute atomic E-state index is 12.7. The molecule has 126 valence electrons. The van der Waals surface area contributed by atoms with Crippen LogP contribution < -0.4 is 10.6 Å². The van der Waals surface area contributed by atoms with Gasteiger partial charge in [0.15, 0.2) is 0 Å². The number of para-hydroxylation sites is 1. The Balaban J connectivity index is 1.48. The van der Waals surface area contributed by atoms with Gasteiger partial charge in [-0.25, -0.2) is 0 Å². The quantitative estimate of drug-likeness (QED) is 0.758. The molecular weight excluding hydrogens is 296 g/mol. The minimum absolute atomic E-state index is 0.187. The monoisotopic (exact) mass is 322 g/mol. The van der Waals surface area contributed by atoms with Crippen molar-refractivity contribution >= 4 is 11.6 Å². The Morgan fingerprint density at radius 1 is 1.00 bits per heavy atom. The van der Waals surface area contributed by atoms with E-state index in [9.17, 15) is 4.79 Å². The van der Waals surface area contributed by atoms with Crippen LogP contribution in [0.3, 0.4) is 0 Å². The topological polar surface area (TPSA) is 41.1 Å². The Bertz CT molecular complexity index is 685. The standard InChI is InChI=1S/C21H26N2O/c1-16-13-17(2)15-18(14-16)21(9-10-21)20(24)23-12-6-11-22-19-7-4-3-5-8-19/h3-5,7-8,13-15,22H,6,9-12H2,1-2H3,(H,23,24). The van der Waals surface area contributed by atoms with Crippen molar-refractivity contribution in [3.8, 4) is 0 Å². The molecule has 3 rings (SSSR count). The Morgan fingerprint density at radius 3 is 2.29 bits per heavy atom. The fraction of sp³-hybridized carbons (Fsp3) is 0.381. The molecule has 1 aliphatic rings. The first-order valence-corrected chi connectivity index (χ1v) is 8.76. The summed E-state index contributed by atoms with van der Waals surface area (Å²) >= 11 is 0. The highest BCUT2D eigenvalue weighted by Gasteiger charge is 2.51. The molecule has 0 atom stereocenters. The third-order valence-corrected chi connectivity index (χ3v) is 4.70. The van der Waals surface area contributed by atoms with Crippen LogP contribution in [0.25, 0.3) is 0 Å². The second kappa shape index (κ2) is 7.08. The zero-order valence-electron chi connectivity index (χ0n) is 14.6. The normalized spacial score (nSPS) is 14.9. The van der Waals surface area contributed by atoms with Gasteiger partial charge >= 0.3 is 0 Å². The highest BCUT2D eigenvalue weighted by Crippen LogP contribution is 2.48. The van der Waals surface area contributed by atoms with Gasteiger partial charge in [0.1, 0.15) is 0 Å². The van der Waals surface area contributed by atoms with Gasteiger partial charge in [-0.1, -0.05) is 47.5 Å². The predicted molar refractivity (Wildman–Crippen MR) is 99.4 cm³/mol. The lowest BCUT2D eigenvalue weighted by atomic mass is 9.92. The molecule has 0 aliphatic heterocycles. The Labute approximate surface area is 144 Å². The van der Waals surface area contributed by atoms with Crippen LogP contribution in [-0.2, 0) is 10.2 Å². The van der Waals surface area contributed by atoms with Crippen LogP contribution in [0.2, 0.25) is 0 Å². The van der Waals surface area contributed by atoms with Gasteiger partial charge in [-0.2, -0.15) is 0 Å². The van der Waals surface area contributed by atoms with Crippen LogP contribution in [0.15, 0.2) is 48.5 Å². The van der Waals surface area contributed by atoms with E-state index in [4.69, 9.17) is 0 Å². The molecule has 0 spiro atoms. The van der Waals surface area contributed by atoms with Gasteiger partial charge in [0.05, 0.1) is 5.41 Å². The molecule has 1 amide bonds. The minimum atomic E-state index is -0.274. The first-order chi connectivity index (χ1) is 11.6. The van der Waals surface area contributed by atoms with Crippen LogP contribution in [0, 0.1) is 13.8 Å². The molecule has 2 aromatic carbocycles. The zero-order valence-corrected chi connectivity index (χ0v) is 14.6. The van der Waals surface area contributed by atoms with Gasteiger partial charge in [-0.3, -0.25) is 4.79 Å². The van der Waals surface area contributed by atoms with E-state index in [-0.39, 0.29) is 11.3 Å². The maximum atomic E-state index is 12.7. The summed E-state index contributed by atoms with van der Waals surface area (Å²) in [5.74, 6) is 0.187. The van der Waals surface area contributed by atoms with Crippen molar-refractivity contribution in [2.45, 2.75) is 38.5 Å². The summed E-state index contributed by atoms with van der Waals surface area (Å²) in [5, 5.41) is 6.50. The fourth-order valence-corrected chi connectivity index (χ4v) is 3.27. The van der Waals surface area contributed by atoms with Crippen molar-refractivity contribution in [2.24, 2.45) is 0 Å². The van der Waals surface area contributed by atoms with Crippen LogP contribution in [0.4, 0.5) is 5.69 Å². The third-order valence-electron chi connectivity index (χ3n) is 4.70. The second-order valence-electron chi connectivity index (χ2n) is 6.86. The van der Waals surface area contributed by atoms with E-state index >= 15 is 0 Å². The number of hydrogen-bond donors (Lipinski definition) is 2. The molecule has 1 saturated carbocycles. The predicted octanol–water partition coefficient (Wildman–Crippen LogP) is 3.95. The van der Waals surface area contributed by atoms with Gasteiger partial charge in [0, 0.05) is 18.8 Å². The highest BCUT2D eigenvalue weighted by molar-refractivity contribution is 5.91. The Hall–Kier alpha value is -2.29. The van der Waals surface area contributed by atoms with Gasteiger partial charge < -0.3 is 10.6 Å². The highest BCUT2D eigenvalue weighted by atomic mass is 16.2. The molecular formula is C21H26N2O. The number of carbonyl (C=O) groups excluding carboxylic acids is 1. The summed E-state index contributed by atoms with van der Waals surface area (Å²) in [4.78, 5) is 12.7. The lowest BCUT2D eigenvalue weighted by Gasteiger charge is -2.17. The Kier molecular flexibility index (Phi) is 4.89. The largest absolute Gasteiger partial charge is 0.385 e. The molecule has 0 unspecified atom stereocenters. The smallest absolute Gasteiger partial charge is 0.230 e. The van der Waals surface area contributed by atoms with E-state index in [1.807, 2.05) is 18.2 Å². The van der Waals surface area contributed by atoms with E-state index in [0.717, 1.165) is 31.5 Å². The van der Waals surface area contributed by atoms with E-state index in [1.165, 1.54) is 16.7 Å². The van der Waals surface area contributed by atoms with Crippen molar-refractivity contribution in [3.05, 3.63) is 65.2 Å². The average molecular weight is 322 g/mol. The van der Waals surface area contributed by atoms with E-state index in [1.54, 1.807) is 0 Å².